The van der Waals surface area contributed by atoms with Gasteiger partial charge in [0.2, 0.25) is 0 Å². The summed E-state index contributed by atoms with van der Waals surface area (Å²) in [5.74, 6) is 0.260. The minimum absolute atomic E-state index is 0.130. The fourth-order valence-corrected chi connectivity index (χ4v) is 1.64. The fourth-order valence-electron chi connectivity index (χ4n) is 1.64. The first kappa shape index (κ1) is 11.7. The van der Waals surface area contributed by atoms with Gasteiger partial charge in [-0.25, -0.2) is 0 Å². The van der Waals surface area contributed by atoms with E-state index in [1.165, 1.54) is 0 Å². The fraction of sp³-hybridized carbons (Fsp3) is 0.286. The van der Waals surface area contributed by atoms with E-state index < -0.39 is 0 Å². The molecule has 0 aromatic rings. The zero-order valence-electron chi connectivity index (χ0n) is 9.52. The van der Waals surface area contributed by atoms with Gasteiger partial charge in [0.15, 0.2) is 11.6 Å². The van der Waals surface area contributed by atoms with E-state index in [0.717, 1.165) is 11.1 Å². The second-order valence-electron chi connectivity index (χ2n) is 4.06. The predicted molar refractivity (Wildman–Crippen MR) is 64.5 cm³/mol. The number of allylic oxidation sites excluding steroid dienone is 4. The molecule has 0 N–H and O–H groups in total. The number of ether oxygens (including phenoxy) is 1. The summed E-state index contributed by atoms with van der Waals surface area (Å²) in [7, 11) is 0. The summed E-state index contributed by atoms with van der Waals surface area (Å²) >= 11 is 0. The maximum Gasteiger partial charge on any atom is 0.159 e. The van der Waals surface area contributed by atoms with Crippen LogP contribution in [0.25, 0.3) is 0 Å². The molecule has 2 rings (SSSR count). The molecule has 0 heterocycles. The molecule has 0 bridgehead atoms. The highest BCUT2D eigenvalue weighted by Gasteiger charge is 2.05. The summed E-state index contributed by atoms with van der Waals surface area (Å²) in [4.78, 5) is 21.9. The minimum atomic E-state index is 0.130. The molecular formula is C14H14O3. The standard InChI is InChI=1S/C14H14O3/c15-13-5-1-11(2-6-13)9-17-10-12-3-7-14(16)8-4-12/h1-5,7H,6,8-10H2. The summed E-state index contributed by atoms with van der Waals surface area (Å²) in [6.45, 7) is 1.01. The topological polar surface area (TPSA) is 43.4 Å². The van der Waals surface area contributed by atoms with Crippen LogP contribution in [0.15, 0.2) is 47.6 Å². The van der Waals surface area contributed by atoms with Gasteiger partial charge in [0.1, 0.15) is 0 Å². The maximum atomic E-state index is 10.9. The third-order valence-corrected chi connectivity index (χ3v) is 2.63. The van der Waals surface area contributed by atoms with Crippen molar-refractivity contribution in [1.82, 2.24) is 0 Å². The highest BCUT2D eigenvalue weighted by molar-refractivity contribution is 5.93. The Morgan fingerprint density at radius 1 is 0.824 bits per heavy atom. The first-order valence-corrected chi connectivity index (χ1v) is 5.62. The van der Waals surface area contributed by atoms with Gasteiger partial charge in [-0.2, -0.15) is 0 Å². The zero-order valence-corrected chi connectivity index (χ0v) is 9.52. The van der Waals surface area contributed by atoms with Gasteiger partial charge in [0.05, 0.1) is 13.2 Å². The lowest BCUT2D eigenvalue weighted by molar-refractivity contribution is -0.114. The molecule has 17 heavy (non-hydrogen) atoms. The van der Waals surface area contributed by atoms with Gasteiger partial charge >= 0.3 is 0 Å². The van der Waals surface area contributed by atoms with E-state index in [2.05, 4.69) is 0 Å². The van der Waals surface area contributed by atoms with E-state index in [-0.39, 0.29) is 11.6 Å². The van der Waals surface area contributed by atoms with E-state index in [4.69, 9.17) is 4.74 Å². The molecule has 0 amide bonds. The first-order valence-electron chi connectivity index (χ1n) is 5.62. The Hall–Kier alpha value is -1.74. The van der Waals surface area contributed by atoms with E-state index in [0.29, 0.717) is 26.1 Å². The van der Waals surface area contributed by atoms with Gasteiger partial charge in [-0.15, -0.1) is 0 Å². The summed E-state index contributed by atoms with van der Waals surface area (Å²) in [6.07, 6.45) is 11.4. The zero-order chi connectivity index (χ0) is 12.1. The Balaban J connectivity index is 1.74. The lowest BCUT2D eigenvalue weighted by Gasteiger charge is -2.09. The monoisotopic (exact) mass is 230 g/mol. The molecule has 2 aliphatic rings. The predicted octanol–water partition coefficient (Wildman–Crippen LogP) is 1.91. The number of hydrogen-bond donors (Lipinski definition) is 0. The molecule has 2 aliphatic carbocycles. The van der Waals surface area contributed by atoms with E-state index in [1.54, 1.807) is 24.3 Å². The highest BCUT2D eigenvalue weighted by Crippen LogP contribution is 2.10. The van der Waals surface area contributed by atoms with Crippen LogP contribution in [0.2, 0.25) is 0 Å². The molecule has 3 nitrogen and oxygen atoms in total. The van der Waals surface area contributed by atoms with Gasteiger partial charge < -0.3 is 4.74 Å². The van der Waals surface area contributed by atoms with Crippen LogP contribution in [0.4, 0.5) is 0 Å². The SMILES string of the molecule is O=C1C=CC(COCC2=CCC(=O)C=C2)=CC1. The van der Waals surface area contributed by atoms with Gasteiger partial charge in [-0.1, -0.05) is 24.3 Å². The second-order valence-corrected chi connectivity index (χ2v) is 4.06. The van der Waals surface area contributed by atoms with Crippen molar-refractivity contribution in [3.63, 3.8) is 0 Å². The Labute approximate surface area is 100 Å². The molecular weight excluding hydrogens is 216 g/mol. The highest BCUT2D eigenvalue weighted by atomic mass is 16.5. The van der Waals surface area contributed by atoms with Crippen LogP contribution in [0.1, 0.15) is 12.8 Å². The smallest absolute Gasteiger partial charge is 0.159 e. The number of ketones is 2. The van der Waals surface area contributed by atoms with Crippen molar-refractivity contribution in [2.45, 2.75) is 12.8 Å². The molecule has 0 aromatic carbocycles. The minimum Gasteiger partial charge on any atom is -0.372 e. The van der Waals surface area contributed by atoms with Crippen LogP contribution in [-0.4, -0.2) is 24.8 Å². The van der Waals surface area contributed by atoms with E-state index in [9.17, 15) is 9.59 Å². The van der Waals surface area contributed by atoms with Crippen LogP contribution in [0.5, 0.6) is 0 Å². The van der Waals surface area contributed by atoms with E-state index >= 15 is 0 Å². The maximum absolute atomic E-state index is 10.9. The Morgan fingerprint density at radius 2 is 1.29 bits per heavy atom. The molecule has 0 aliphatic heterocycles. The molecule has 0 saturated heterocycles. The number of hydrogen-bond acceptors (Lipinski definition) is 3. The molecule has 0 unspecified atom stereocenters. The molecule has 88 valence electrons. The quantitative estimate of drug-likeness (QED) is 0.741. The Bertz CT molecular complexity index is 408. The van der Waals surface area contributed by atoms with Crippen molar-refractivity contribution in [3.05, 3.63) is 47.6 Å². The van der Waals surface area contributed by atoms with Gasteiger partial charge in [0.25, 0.3) is 0 Å². The summed E-state index contributed by atoms with van der Waals surface area (Å²) in [5, 5.41) is 0. The van der Waals surface area contributed by atoms with Crippen LogP contribution in [0, 0.1) is 0 Å². The third-order valence-electron chi connectivity index (χ3n) is 2.63. The van der Waals surface area contributed by atoms with Crippen LogP contribution >= 0.6 is 0 Å². The Kier molecular flexibility index (Phi) is 3.83. The number of rotatable bonds is 4. The second kappa shape index (κ2) is 5.55. The molecule has 0 aromatic heterocycles. The molecule has 0 spiro atoms. The normalized spacial score (nSPS) is 19.3. The van der Waals surface area contributed by atoms with Crippen molar-refractivity contribution >= 4 is 11.6 Å². The van der Waals surface area contributed by atoms with Gasteiger partial charge in [-0.3, -0.25) is 9.59 Å². The number of carbonyl (C=O) groups excluding carboxylic acids is 2. The van der Waals surface area contributed by atoms with Crippen molar-refractivity contribution in [2.24, 2.45) is 0 Å². The molecule has 0 radical (unpaired) electrons. The lowest BCUT2D eigenvalue weighted by Crippen LogP contribution is -2.06. The average Bonchev–Trinajstić information content (AvgIpc) is 2.34. The first-order chi connectivity index (χ1) is 8.24. The summed E-state index contributed by atoms with van der Waals surface area (Å²) < 4.78 is 5.52. The summed E-state index contributed by atoms with van der Waals surface area (Å²) in [6, 6.07) is 0. The Morgan fingerprint density at radius 3 is 1.65 bits per heavy atom. The summed E-state index contributed by atoms with van der Waals surface area (Å²) in [5.41, 5.74) is 2.06. The largest absolute Gasteiger partial charge is 0.372 e. The van der Waals surface area contributed by atoms with Gasteiger partial charge in [0, 0.05) is 12.8 Å². The third kappa shape index (κ3) is 3.64. The van der Waals surface area contributed by atoms with Crippen molar-refractivity contribution < 1.29 is 14.3 Å². The van der Waals surface area contributed by atoms with Crippen molar-refractivity contribution in [2.75, 3.05) is 13.2 Å². The molecule has 3 heteroatoms. The van der Waals surface area contributed by atoms with Crippen molar-refractivity contribution in [3.8, 4) is 0 Å². The molecule has 0 saturated carbocycles. The van der Waals surface area contributed by atoms with E-state index in [1.807, 2.05) is 12.2 Å². The van der Waals surface area contributed by atoms with Crippen LogP contribution in [0.3, 0.4) is 0 Å². The van der Waals surface area contributed by atoms with Crippen molar-refractivity contribution in [1.29, 1.82) is 0 Å². The number of carbonyl (C=O) groups is 2. The van der Waals surface area contributed by atoms with Crippen LogP contribution < -0.4 is 0 Å². The van der Waals surface area contributed by atoms with Crippen LogP contribution in [-0.2, 0) is 14.3 Å². The molecule has 0 fully saturated rings. The van der Waals surface area contributed by atoms with Gasteiger partial charge in [-0.05, 0) is 23.3 Å². The average molecular weight is 230 g/mol. The molecule has 0 atom stereocenters. The lowest BCUT2D eigenvalue weighted by atomic mass is 10.1.